The number of benzene rings is 1. The van der Waals surface area contributed by atoms with Crippen molar-refractivity contribution in [3.05, 3.63) is 42.8 Å². The molecule has 0 aliphatic rings. The van der Waals surface area contributed by atoms with Gasteiger partial charge in [0.2, 0.25) is 0 Å². The summed E-state index contributed by atoms with van der Waals surface area (Å²) in [6.45, 7) is 0. The quantitative estimate of drug-likeness (QED) is 0.357. The molecule has 0 aliphatic heterocycles. The highest BCUT2D eigenvalue weighted by Crippen LogP contribution is 2.26. The van der Waals surface area contributed by atoms with E-state index in [2.05, 4.69) is 36.6 Å². The van der Waals surface area contributed by atoms with Crippen LogP contribution >= 0.6 is 31.9 Å². The molecule has 0 amide bonds. The summed E-state index contributed by atoms with van der Waals surface area (Å²) < 4.78 is 5.32. The SMILES string of the molecule is COC(=O)/C(Br)=C/c1cc([N+](=O)[O-])ccc1Br. The number of hydrogen-bond donors (Lipinski definition) is 0. The van der Waals surface area contributed by atoms with Crippen LogP contribution in [0.4, 0.5) is 5.69 Å². The third-order valence-corrected chi connectivity index (χ3v) is 3.13. The van der Waals surface area contributed by atoms with Gasteiger partial charge in [0, 0.05) is 16.6 Å². The molecule has 0 saturated carbocycles. The first-order valence-corrected chi connectivity index (χ1v) is 5.93. The van der Waals surface area contributed by atoms with Gasteiger partial charge in [-0.2, -0.15) is 0 Å². The van der Waals surface area contributed by atoms with Crippen molar-refractivity contribution < 1.29 is 14.5 Å². The number of ether oxygens (including phenoxy) is 1. The molecule has 0 radical (unpaired) electrons. The van der Waals surface area contributed by atoms with Crippen molar-refractivity contribution in [3.8, 4) is 0 Å². The van der Waals surface area contributed by atoms with Crippen molar-refractivity contribution in [2.75, 3.05) is 7.11 Å². The highest BCUT2D eigenvalue weighted by molar-refractivity contribution is 9.12. The Balaban J connectivity index is 3.17. The number of rotatable bonds is 3. The van der Waals surface area contributed by atoms with Gasteiger partial charge in [0.25, 0.3) is 5.69 Å². The first-order valence-electron chi connectivity index (χ1n) is 4.35. The molecule has 0 bridgehead atoms. The third kappa shape index (κ3) is 3.64. The van der Waals surface area contributed by atoms with Gasteiger partial charge in [-0.3, -0.25) is 10.1 Å². The highest BCUT2D eigenvalue weighted by Gasteiger charge is 2.11. The summed E-state index contributed by atoms with van der Waals surface area (Å²) in [5.41, 5.74) is 0.459. The lowest BCUT2D eigenvalue weighted by Gasteiger charge is -2.00. The average Bonchev–Trinajstić information content (AvgIpc) is 2.30. The topological polar surface area (TPSA) is 69.4 Å². The fourth-order valence-corrected chi connectivity index (χ4v) is 1.82. The zero-order valence-electron chi connectivity index (χ0n) is 8.65. The van der Waals surface area contributed by atoms with E-state index < -0.39 is 10.9 Å². The lowest BCUT2D eigenvalue weighted by Crippen LogP contribution is -1.99. The smallest absolute Gasteiger partial charge is 0.344 e. The Labute approximate surface area is 114 Å². The Kier molecular flexibility index (Phi) is 4.83. The van der Waals surface area contributed by atoms with Gasteiger partial charge in [0.15, 0.2) is 0 Å². The Morgan fingerprint density at radius 2 is 2.18 bits per heavy atom. The summed E-state index contributed by atoms with van der Waals surface area (Å²) in [6.07, 6.45) is 1.45. The fourth-order valence-electron chi connectivity index (χ4n) is 1.05. The van der Waals surface area contributed by atoms with Crippen LogP contribution in [0.1, 0.15) is 5.56 Å². The van der Waals surface area contributed by atoms with Crippen LogP contribution in [-0.4, -0.2) is 18.0 Å². The monoisotopic (exact) mass is 363 g/mol. The molecule has 17 heavy (non-hydrogen) atoms. The molecule has 1 aromatic carbocycles. The highest BCUT2D eigenvalue weighted by atomic mass is 79.9. The van der Waals surface area contributed by atoms with Crippen LogP contribution in [0.25, 0.3) is 6.08 Å². The first kappa shape index (κ1) is 13.9. The van der Waals surface area contributed by atoms with Gasteiger partial charge >= 0.3 is 5.97 Å². The molecule has 0 fully saturated rings. The van der Waals surface area contributed by atoms with Crippen LogP contribution in [0, 0.1) is 10.1 Å². The Morgan fingerprint density at radius 1 is 1.53 bits per heavy atom. The predicted molar refractivity (Wildman–Crippen MR) is 69.7 cm³/mol. The molecule has 0 unspecified atom stereocenters. The van der Waals surface area contributed by atoms with Crippen LogP contribution < -0.4 is 0 Å². The molecule has 1 aromatic rings. The maximum atomic E-state index is 11.2. The molecule has 0 saturated heterocycles. The van der Waals surface area contributed by atoms with E-state index in [1.54, 1.807) is 6.07 Å². The van der Waals surface area contributed by atoms with E-state index in [4.69, 9.17) is 0 Å². The van der Waals surface area contributed by atoms with Gasteiger partial charge in [0.1, 0.15) is 4.48 Å². The number of nitrogens with zero attached hydrogens (tertiary/aromatic N) is 1. The van der Waals surface area contributed by atoms with Crippen molar-refractivity contribution in [2.45, 2.75) is 0 Å². The van der Waals surface area contributed by atoms with Crippen LogP contribution in [0.5, 0.6) is 0 Å². The second-order valence-electron chi connectivity index (χ2n) is 2.95. The standard InChI is InChI=1S/C10H7Br2NO4/c1-17-10(14)9(12)5-6-4-7(13(15)16)2-3-8(6)11/h2-5H,1H3/b9-5-. The van der Waals surface area contributed by atoms with Crippen LogP contribution in [0.3, 0.4) is 0 Å². The lowest BCUT2D eigenvalue weighted by molar-refractivity contribution is -0.384. The maximum Gasteiger partial charge on any atom is 0.344 e. The van der Waals surface area contributed by atoms with E-state index in [0.717, 1.165) is 0 Å². The number of nitro groups is 1. The van der Waals surface area contributed by atoms with E-state index in [9.17, 15) is 14.9 Å². The molecule has 0 N–H and O–H groups in total. The number of methoxy groups -OCH3 is 1. The molecule has 90 valence electrons. The third-order valence-electron chi connectivity index (χ3n) is 1.85. The van der Waals surface area contributed by atoms with Crippen LogP contribution in [0.15, 0.2) is 27.2 Å². The average molecular weight is 365 g/mol. The molecule has 7 heteroatoms. The van der Waals surface area contributed by atoms with Gasteiger partial charge in [-0.1, -0.05) is 15.9 Å². The van der Waals surface area contributed by atoms with Gasteiger partial charge in [-0.05, 0) is 33.6 Å². The molecule has 0 aromatic heterocycles. The van der Waals surface area contributed by atoms with Crippen LogP contribution in [-0.2, 0) is 9.53 Å². The second-order valence-corrected chi connectivity index (χ2v) is 4.66. The van der Waals surface area contributed by atoms with E-state index >= 15 is 0 Å². The molecular weight excluding hydrogens is 358 g/mol. The number of halogens is 2. The minimum absolute atomic E-state index is 0.0513. The number of carbonyl (C=O) groups excluding carboxylic acids is 1. The number of hydrogen-bond acceptors (Lipinski definition) is 4. The first-order chi connectivity index (χ1) is 7.95. The van der Waals surface area contributed by atoms with Gasteiger partial charge in [-0.15, -0.1) is 0 Å². The van der Waals surface area contributed by atoms with E-state index in [1.165, 1.54) is 25.3 Å². The number of esters is 1. The largest absolute Gasteiger partial charge is 0.465 e. The fraction of sp³-hybridized carbons (Fsp3) is 0.100. The zero-order chi connectivity index (χ0) is 13.0. The number of non-ortho nitro benzene ring substituents is 1. The summed E-state index contributed by atoms with van der Waals surface area (Å²) >= 11 is 6.27. The van der Waals surface area contributed by atoms with Crippen molar-refractivity contribution in [1.82, 2.24) is 0 Å². The molecular formula is C10H7Br2NO4. The van der Waals surface area contributed by atoms with Crippen molar-refractivity contribution in [2.24, 2.45) is 0 Å². The van der Waals surface area contributed by atoms with Gasteiger partial charge in [-0.25, -0.2) is 4.79 Å². The molecule has 0 spiro atoms. The summed E-state index contributed by atoms with van der Waals surface area (Å²) in [5.74, 6) is -0.552. The Morgan fingerprint density at radius 3 is 2.71 bits per heavy atom. The molecule has 5 nitrogen and oxygen atoms in total. The summed E-state index contributed by atoms with van der Waals surface area (Å²) in [6, 6.07) is 4.27. The van der Waals surface area contributed by atoms with E-state index in [-0.39, 0.29) is 10.2 Å². The Hall–Kier alpha value is -1.21. The molecule has 0 heterocycles. The van der Waals surface area contributed by atoms with Crippen molar-refractivity contribution >= 4 is 49.6 Å². The van der Waals surface area contributed by atoms with Gasteiger partial charge in [0.05, 0.1) is 12.0 Å². The van der Waals surface area contributed by atoms with Crippen molar-refractivity contribution in [1.29, 1.82) is 0 Å². The second kappa shape index (κ2) is 5.92. The zero-order valence-corrected chi connectivity index (χ0v) is 11.8. The lowest BCUT2D eigenvalue weighted by atomic mass is 10.2. The normalized spacial score (nSPS) is 11.1. The maximum absolute atomic E-state index is 11.2. The minimum atomic E-state index is -0.552. The van der Waals surface area contributed by atoms with Gasteiger partial charge < -0.3 is 4.74 Å². The van der Waals surface area contributed by atoms with E-state index in [0.29, 0.717) is 10.0 Å². The molecule has 0 atom stereocenters. The summed E-state index contributed by atoms with van der Waals surface area (Å²) in [4.78, 5) is 21.3. The Bertz CT molecular complexity index is 499. The number of nitro benzene ring substituents is 1. The van der Waals surface area contributed by atoms with Crippen LogP contribution in [0.2, 0.25) is 0 Å². The molecule has 1 rings (SSSR count). The van der Waals surface area contributed by atoms with Crippen molar-refractivity contribution in [3.63, 3.8) is 0 Å². The number of carbonyl (C=O) groups is 1. The molecule has 0 aliphatic carbocycles. The predicted octanol–water partition coefficient (Wildman–Crippen LogP) is 3.27. The van der Waals surface area contributed by atoms with E-state index in [1.807, 2.05) is 0 Å². The summed E-state index contributed by atoms with van der Waals surface area (Å²) in [5, 5.41) is 10.6. The minimum Gasteiger partial charge on any atom is -0.465 e. The summed E-state index contributed by atoms with van der Waals surface area (Å²) in [7, 11) is 1.25.